The van der Waals surface area contributed by atoms with E-state index in [0.29, 0.717) is 6.61 Å². The molecular weight excluding hydrogens is 316 g/mol. The van der Waals surface area contributed by atoms with Crippen LogP contribution in [0.5, 0.6) is 0 Å². The van der Waals surface area contributed by atoms with Gasteiger partial charge in [0.2, 0.25) is 0 Å². The van der Waals surface area contributed by atoms with Gasteiger partial charge >= 0.3 is 0 Å². The van der Waals surface area contributed by atoms with Crippen LogP contribution in [0.4, 0.5) is 0 Å². The minimum atomic E-state index is -0.537. The summed E-state index contributed by atoms with van der Waals surface area (Å²) in [6.45, 7) is 4.21. The lowest BCUT2D eigenvalue weighted by atomic mass is 9.94. The Balaban J connectivity index is 1.75. The van der Waals surface area contributed by atoms with Gasteiger partial charge in [0, 0.05) is 19.4 Å². The Kier molecular flexibility index (Phi) is 4.61. The smallest absolute Gasteiger partial charge is 0.265 e. The maximum absolute atomic E-state index is 12.5. The standard InChI is InChI=1S/C16H20N2O4S/c1-2-8-18-14(20)12(13(19)17-15(18)23)9-11-10-21-16(22-11)6-4-3-5-7-16/h2,9,11H,1,3-8,10H2,(H,17,19,23)/b12-9-/t11-/m0/s1. The molecule has 1 saturated carbocycles. The van der Waals surface area contributed by atoms with E-state index in [4.69, 9.17) is 21.7 Å². The fraction of sp³-hybridized carbons (Fsp3) is 0.562. The summed E-state index contributed by atoms with van der Waals surface area (Å²) in [6.07, 6.45) is 7.78. The van der Waals surface area contributed by atoms with Gasteiger partial charge in [-0.15, -0.1) is 6.58 Å². The highest BCUT2D eigenvalue weighted by molar-refractivity contribution is 7.80. The fourth-order valence-corrected chi connectivity index (χ4v) is 3.46. The van der Waals surface area contributed by atoms with Crippen molar-refractivity contribution in [1.29, 1.82) is 0 Å². The van der Waals surface area contributed by atoms with Crippen LogP contribution in [0.3, 0.4) is 0 Å². The largest absolute Gasteiger partial charge is 0.347 e. The number of carbonyl (C=O) groups is 2. The van der Waals surface area contributed by atoms with Crippen molar-refractivity contribution in [2.75, 3.05) is 13.2 Å². The van der Waals surface area contributed by atoms with Crippen LogP contribution in [0.2, 0.25) is 0 Å². The van der Waals surface area contributed by atoms with Crippen molar-refractivity contribution in [1.82, 2.24) is 10.2 Å². The number of nitrogens with zero attached hydrogens (tertiary/aromatic N) is 1. The van der Waals surface area contributed by atoms with E-state index in [1.807, 2.05) is 0 Å². The molecule has 1 aliphatic carbocycles. The van der Waals surface area contributed by atoms with Crippen LogP contribution in [-0.4, -0.2) is 46.9 Å². The van der Waals surface area contributed by atoms with E-state index >= 15 is 0 Å². The second-order valence-electron chi connectivity index (χ2n) is 5.98. The number of thiocarbonyl (C=S) groups is 1. The van der Waals surface area contributed by atoms with Gasteiger partial charge in [-0.25, -0.2) is 0 Å². The van der Waals surface area contributed by atoms with Gasteiger partial charge in [0.25, 0.3) is 11.8 Å². The second kappa shape index (κ2) is 6.51. The normalized spacial score (nSPS) is 29.2. The van der Waals surface area contributed by atoms with E-state index in [1.165, 1.54) is 11.3 Å². The number of rotatable bonds is 3. The molecule has 1 spiro atoms. The van der Waals surface area contributed by atoms with E-state index in [0.717, 1.165) is 25.7 Å². The third-order valence-electron chi connectivity index (χ3n) is 4.34. The summed E-state index contributed by atoms with van der Waals surface area (Å²) in [5.74, 6) is -1.45. The highest BCUT2D eigenvalue weighted by Crippen LogP contribution is 2.38. The average Bonchev–Trinajstić information content (AvgIpc) is 2.91. The molecule has 0 unspecified atom stereocenters. The predicted octanol–water partition coefficient (Wildman–Crippen LogP) is 1.42. The molecule has 3 rings (SSSR count). The van der Waals surface area contributed by atoms with Crippen molar-refractivity contribution in [2.45, 2.75) is 44.0 Å². The highest BCUT2D eigenvalue weighted by Gasteiger charge is 2.43. The van der Waals surface area contributed by atoms with Crippen molar-refractivity contribution in [3.8, 4) is 0 Å². The van der Waals surface area contributed by atoms with Gasteiger partial charge in [-0.1, -0.05) is 12.5 Å². The first-order valence-corrected chi connectivity index (χ1v) is 8.27. The molecule has 0 radical (unpaired) electrons. The van der Waals surface area contributed by atoms with Crippen molar-refractivity contribution in [2.24, 2.45) is 0 Å². The highest BCUT2D eigenvalue weighted by atomic mass is 32.1. The molecule has 3 fully saturated rings. The van der Waals surface area contributed by atoms with Crippen molar-refractivity contribution < 1.29 is 19.1 Å². The zero-order chi connectivity index (χ0) is 16.4. The number of hydrogen-bond donors (Lipinski definition) is 1. The van der Waals surface area contributed by atoms with Gasteiger partial charge < -0.3 is 9.47 Å². The zero-order valence-corrected chi connectivity index (χ0v) is 13.7. The van der Waals surface area contributed by atoms with Gasteiger partial charge in [0.1, 0.15) is 11.7 Å². The molecule has 0 bridgehead atoms. The van der Waals surface area contributed by atoms with Crippen LogP contribution in [0, 0.1) is 0 Å². The lowest BCUT2D eigenvalue weighted by molar-refractivity contribution is -0.183. The Labute approximate surface area is 140 Å². The first-order valence-electron chi connectivity index (χ1n) is 7.86. The molecule has 6 nitrogen and oxygen atoms in total. The number of nitrogens with one attached hydrogen (secondary N) is 1. The Morgan fingerprint density at radius 3 is 2.78 bits per heavy atom. The number of ether oxygens (including phenoxy) is 2. The minimum absolute atomic E-state index is 0.0434. The maximum atomic E-state index is 12.5. The lowest BCUT2D eigenvalue weighted by Crippen LogP contribution is -2.54. The summed E-state index contributed by atoms with van der Waals surface area (Å²) >= 11 is 5.02. The summed E-state index contributed by atoms with van der Waals surface area (Å²) < 4.78 is 11.8. The molecule has 0 aromatic carbocycles. The first kappa shape index (κ1) is 16.3. The molecule has 23 heavy (non-hydrogen) atoms. The van der Waals surface area contributed by atoms with E-state index in [2.05, 4.69) is 11.9 Å². The van der Waals surface area contributed by atoms with Crippen molar-refractivity contribution in [3.63, 3.8) is 0 Å². The Hall–Kier alpha value is -1.57. The van der Waals surface area contributed by atoms with Crippen molar-refractivity contribution >= 4 is 29.1 Å². The molecular formula is C16H20N2O4S. The van der Waals surface area contributed by atoms with Crippen LogP contribution in [0.1, 0.15) is 32.1 Å². The Morgan fingerprint density at radius 2 is 2.09 bits per heavy atom. The second-order valence-corrected chi connectivity index (χ2v) is 6.37. The molecule has 2 saturated heterocycles. The molecule has 7 heteroatoms. The molecule has 2 heterocycles. The van der Waals surface area contributed by atoms with Gasteiger partial charge in [-0.2, -0.15) is 0 Å². The number of carbonyl (C=O) groups excluding carboxylic acids is 2. The number of amides is 2. The van der Waals surface area contributed by atoms with E-state index in [1.54, 1.807) is 12.2 Å². The molecule has 1 atom stereocenters. The zero-order valence-electron chi connectivity index (χ0n) is 12.9. The average molecular weight is 336 g/mol. The van der Waals surface area contributed by atoms with Gasteiger partial charge in [-0.05, 0) is 31.1 Å². The monoisotopic (exact) mass is 336 g/mol. The minimum Gasteiger partial charge on any atom is -0.347 e. The van der Waals surface area contributed by atoms with E-state index < -0.39 is 23.7 Å². The predicted molar refractivity (Wildman–Crippen MR) is 87.4 cm³/mol. The van der Waals surface area contributed by atoms with E-state index in [-0.39, 0.29) is 17.2 Å². The SMILES string of the molecule is C=CCN1C(=O)/C(=C\[C@H]2COC3(CCCCC3)O2)C(=O)NC1=S. The van der Waals surface area contributed by atoms with Crippen molar-refractivity contribution in [3.05, 3.63) is 24.3 Å². The van der Waals surface area contributed by atoms with Crippen LogP contribution < -0.4 is 5.32 Å². The number of hydrogen-bond acceptors (Lipinski definition) is 5. The van der Waals surface area contributed by atoms with Crippen LogP contribution >= 0.6 is 12.2 Å². The molecule has 2 aliphatic heterocycles. The Bertz CT molecular complexity index is 581. The summed E-state index contributed by atoms with van der Waals surface area (Å²) in [6, 6.07) is 0. The summed E-state index contributed by atoms with van der Waals surface area (Å²) in [5, 5.41) is 2.63. The molecule has 1 N–H and O–H groups in total. The topological polar surface area (TPSA) is 67.9 Å². The lowest BCUT2D eigenvalue weighted by Gasteiger charge is -2.31. The van der Waals surface area contributed by atoms with Crippen LogP contribution in [-0.2, 0) is 19.1 Å². The fourth-order valence-electron chi connectivity index (χ4n) is 3.21. The van der Waals surface area contributed by atoms with Gasteiger partial charge in [0.05, 0.1) is 6.61 Å². The van der Waals surface area contributed by atoms with Gasteiger partial charge in [0.15, 0.2) is 10.9 Å². The summed E-state index contributed by atoms with van der Waals surface area (Å²) in [7, 11) is 0. The van der Waals surface area contributed by atoms with Crippen LogP contribution in [0.25, 0.3) is 0 Å². The molecule has 2 amide bonds. The maximum Gasteiger partial charge on any atom is 0.265 e. The Morgan fingerprint density at radius 1 is 1.35 bits per heavy atom. The third-order valence-corrected chi connectivity index (χ3v) is 4.66. The van der Waals surface area contributed by atoms with Crippen LogP contribution in [0.15, 0.2) is 24.3 Å². The summed E-state index contributed by atoms with van der Waals surface area (Å²) in [4.78, 5) is 25.8. The molecule has 0 aromatic rings. The molecule has 124 valence electrons. The molecule has 3 aliphatic rings. The molecule has 0 aromatic heterocycles. The van der Waals surface area contributed by atoms with E-state index in [9.17, 15) is 9.59 Å². The third kappa shape index (κ3) is 3.22. The summed E-state index contributed by atoms with van der Waals surface area (Å²) in [5.41, 5.74) is 0.0434. The first-order chi connectivity index (χ1) is 11.0. The quantitative estimate of drug-likeness (QED) is 0.365. The van der Waals surface area contributed by atoms with Gasteiger partial charge in [-0.3, -0.25) is 19.8 Å².